The number of unbranched alkanes of at least 4 members (excludes halogenated alkanes) is 1. The largest absolute Gasteiger partial charge is 0.445 e. The first kappa shape index (κ1) is 12.7. The highest BCUT2D eigenvalue weighted by Gasteiger charge is 2.15. The Morgan fingerprint density at radius 3 is 2.62 bits per heavy atom. The van der Waals surface area contributed by atoms with Gasteiger partial charge in [-0.25, -0.2) is 0 Å². The average molecular weight is 209 g/mol. The van der Waals surface area contributed by atoms with E-state index in [1.54, 1.807) is 6.92 Å². The van der Waals surface area contributed by atoms with Gasteiger partial charge in [0.05, 0.1) is 0 Å². The summed E-state index contributed by atoms with van der Waals surface area (Å²) in [5.41, 5.74) is 10.2. The number of nitrogens with two attached hydrogens (primary N) is 2. The van der Waals surface area contributed by atoms with Crippen molar-refractivity contribution in [3.05, 3.63) is 0 Å². The smallest absolute Gasteiger partial charge is 0.324 e. The zero-order valence-corrected chi connectivity index (χ0v) is 8.59. The zero-order valence-electron chi connectivity index (χ0n) is 7.83. The van der Waals surface area contributed by atoms with E-state index < -0.39 is 17.6 Å². The topological polar surface area (TPSA) is 78.3 Å². The fourth-order valence-corrected chi connectivity index (χ4v) is 0.962. The monoisotopic (exact) mass is 208 g/mol. The number of halogens is 1. The maximum atomic E-state index is 11.1. The molecule has 78 valence electrons. The third kappa shape index (κ3) is 6.81. The van der Waals surface area contributed by atoms with Gasteiger partial charge in [-0.2, -0.15) is 0 Å². The SMILES string of the molecule is CC(Cl)OC(=O)[C@@H](N)CCCCN. The van der Waals surface area contributed by atoms with Crippen LogP contribution >= 0.6 is 11.6 Å². The molecule has 0 rings (SSSR count). The van der Waals surface area contributed by atoms with Crippen molar-refractivity contribution in [3.63, 3.8) is 0 Å². The molecule has 0 heterocycles. The van der Waals surface area contributed by atoms with Gasteiger partial charge in [0, 0.05) is 0 Å². The van der Waals surface area contributed by atoms with Crippen molar-refractivity contribution in [2.24, 2.45) is 11.5 Å². The third-order valence-corrected chi connectivity index (χ3v) is 1.64. The molecule has 0 aliphatic carbocycles. The van der Waals surface area contributed by atoms with Crippen LogP contribution in [0.5, 0.6) is 0 Å². The molecule has 0 aliphatic heterocycles. The lowest BCUT2D eigenvalue weighted by molar-refractivity contribution is -0.146. The summed E-state index contributed by atoms with van der Waals surface area (Å²) in [4.78, 5) is 11.1. The Morgan fingerprint density at radius 2 is 2.15 bits per heavy atom. The summed E-state index contributed by atoms with van der Waals surface area (Å²) in [7, 11) is 0. The van der Waals surface area contributed by atoms with E-state index in [9.17, 15) is 4.79 Å². The third-order valence-electron chi connectivity index (χ3n) is 1.55. The van der Waals surface area contributed by atoms with Gasteiger partial charge < -0.3 is 16.2 Å². The second kappa shape index (κ2) is 7.12. The first-order valence-electron chi connectivity index (χ1n) is 4.38. The minimum Gasteiger partial charge on any atom is -0.445 e. The molecule has 0 bridgehead atoms. The minimum absolute atomic E-state index is 0.445. The van der Waals surface area contributed by atoms with Gasteiger partial charge in [-0.1, -0.05) is 18.0 Å². The Bertz CT molecular complexity index is 153. The van der Waals surface area contributed by atoms with Gasteiger partial charge in [-0.05, 0) is 26.3 Å². The van der Waals surface area contributed by atoms with Gasteiger partial charge in [0.15, 0.2) is 5.56 Å². The Hall–Kier alpha value is -0.320. The summed E-state index contributed by atoms with van der Waals surface area (Å²) in [6.45, 7) is 2.19. The van der Waals surface area contributed by atoms with Crippen LogP contribution in [0.4, 0.5) is 0 Å². The van der Waals surface area contributed by atoms with E-state index in [4.69, 9.17) is 27.8 Å². The van der Waals surface area contributed by atoms with Crippen molar-refractivity contribution in [3.8, 4) is 0 Å². The van der Waals surface area contributed by atoms with Crippen LogP contribution in [-0.4, -0.2) is 24.1 Å². The Labute approximate surface area is 83.6 Å². The summed E-state index contributed by atoms with van der Waals surface area (Å²) < 4.78 is 4.71. The van der Waals surface area contributed by atoms with Crippen molar-refractivity contribution < 1.29 is 9.53 Å². The lowest BCUT2D eigenvalue weighted by Gasteiger charge is -2.12. The molecule has 0 spiro atoms. The van der Waals surface area contributed by atoms with Crippen LogP contribution in [0.2, 0.25) is 0 Å². The van der Waals surface area contributed by atoms with Crippen LogP contribution in [0.1, 0.15) is 26.2 Å². The van der Waals surface area contributed by atoms with Gasteiger partial charge in [0.1, 0.15) is 6.04 Å². The number of alkyl halides is 1. The van der Waals surface area contributed by atoms with Crippen LogP contribution in [0.25, 0.3) is 0 Å². The number of hydrogen-bond donors (Lipinski definition) is 2. The quantitative estimate of drug-likeness (QED) is 0.380. The molecule has 0 amide bonds. The van der Waals surface area contributed by atoms with Crippen LogP contribution in [0, 0.1) is 0 Å². The highest BCUT2D eigenvalue weighted by atomic mass is 35.5. The van der Waals surface area contributed by atoms with E-state index >= 15 is 0 Å². The molecule has 4 N–H and O–H groups in total. The van der Waals surface area contributed by atoms with Gasteiger partial charge >= 0.3 is 5.97 Å². The molecule has 1 unspecified atom stereocenters. The molecule has 0 aromatic carbocycles. The molecule has 5 heteroatoms. The molecule has 0 radical (unpaired) electrons. The maximum absolute atomic E-state index is 11.1. The number of esters is 1. The lowest BCUT2D eigenvalue weighted by Crippen LogP contribution is -2.33. The first-order chi connectivity index (χ1) is 6.07. The summed E-state index contributed by atoms with van der Waals surface area (Å²) in [6.07, 6.45) is 2.31. The molecule has 0 saturated heterocycles. The number of carbonyl (C=O) groups is 1. The normalized spacial score (nSPS) is 15.1. The van der Waals surface area contributed by atoms with Gasteiger partial charge in [0.2, 0.25) is 0 Å². The second-order valence-corrected chi connectivity index (χ2v) is 3.49. The Kier molecular flexibility index (Phi) is 6.94. The maximum Gasteiger partial charge on any atom is 0.324 e. The standard InChI is InChI=1S/C8H17ClN2O2/c1-6(9)13-8(12)7(11)4-2-3-5-10/h6-7H,2-5,10-11H2,1H3/t6?,7-/m0/s1. The van der Waals surface area contributed by atoms with Crippen molar-refractivity contribution >= 4 is 17.6 Å². The minimum atomic E-state index is -0.618. The summed E-state index contributed by atoms with van der Waals surface area (Å²) in [6, 6.07) is -0.576. The van der Waals surface area contributed by atoms with E-state index in [0.29, 0.717) is 13.0 Å². The molecule has 13 heavy (non-hydrogen) atoms. The predicted octanol–water partition coefficient (Wildman–Crippen LogP) is 0.571. The molecule has 4 nitrogen and oxygen atoms in total. The molecule has 0 saturated carbocycles. The van der Waals surface area contributed by atoms with Crippen molar-refractivity contribution in [2.75, 3.05) is 6.54 Å². The lowest BCUT2D eigenvalue weighted by atomic mass is 10.1. The summed E-state index contributed by atoms with van der Waals surface area (Å²) in [5, 5.41) is 0. The predicted molar refractivity (Wildman–Crippen MR) is 52.3 cm³/mol. The van der Waals surface area contributed by atoms with Gasteiger partial charge in [0.25, 0.3) is 0 Å². The molecule has 0 fully saturated rings. The highest BCUT2D eigenvalue weighted by Crippen LogP contribution is 2.03. The molecular weight excluding hydrogens is 192 g/mol. The second-order valence-electron chi connectivity index (χ2n) is 2.87. The van der Waals surface area contributed by atoms with Crippen molar-refractivity contribution in [1.29, 1.82) is 0 Å². The van der Waals surface area contributed by atoms with E-state index in [-0.39, 0.29) is 0 Å². The zero-order chi connectivity index (χ0) is 10.3. The number of hydrogen-bond acceptors (Lipinski definition) is 4. The Balaban J connectivity index is 3.57. The fraction of sp³-hybridized carbons (Fsp3) is 0.875. The van der Waals surface area contributed by atoms with E-state index in [2.05, 4.69) is 0 Å². The average Bonchev–Trinajstić information content (AvgIpc) is 2.03. The molecule has 0 aromatic heterocycles. The van der Waals surface area contributed by atoms with Crippen molar-refractivity contribution in [2.45, 2.75) is 37.8 Å². The van der Waals surface area contributed by atoms with Gasteiger partial charge in [-0.3, -0.25) is 4.79 Å². The van der Waals surface area contributed by atoms with E-state index in [1.807, 2.05) is 0 Å². The van der Waals surface area contributed by atoms with E-state index in [1.165, 1.54) is 0 Å². The molecule has 2 atom stereocenters. The molecule has 0 aliphatic rings. The highest BCUT2D eigenvalue weighted by molar-refractivity contribution is 6.20. The number of carbonyl (C=O) groups excluding carboxylic acids is 1. The summed E-state index contributed by atoms with van der Waals surface area (Å²) >= 11 is 5.46. The number of ether oxygens (including phenoxy) is 1. The summed E-state index contributed by atoms with van der Waals surface area (Å²) in [5.74, 6) is -0.445. The fourth-order valence-electron chi connectivity index (χ4n) is 0.874. The first-order valence-corrected chi connectivity index (χ1v) is 4.81. The molecular formula is C8H17ClN2O2. The number of rotatable bonds is 6. The molecule has 0 aromatic rings. The van der Waals surface area contributed by atoms with Crippen LogP contribution in [0.3, 0.4) is 0 Å². The van der Waals surface area contributed by atoms with Crippen LogP contribution in [-0.2, 0) is 9.53 Å². The van der Waals surface area contributed by atoms with Crippen molar-refractivity contribution in [1.82, 2.24) is 0 Å². The van der Waals surface area contributed by atoms with E-state index in [0.717, 1.165) is 12.8 Å². The van der Waals surface area contributed by atoms with Gasteiger partial charge in [-0.15, -0.1) is 0 Å². The van der Waals surface area contributed by atoms with Crippen LogP contribution in [0.15, 0.2) is 0 Å². The Morgan fingerprint density at radius 1 is 1.54 bits per heavy atom. The van der Waals surface area contributed by atoms with Crippen LogP contribution < -0.4 is 11.5 Å².